The molecule has 7 heteroatoms. The van der Waals surface area contributed by atoms with E-state index in [4.69, 9.17) is 4.74 Å². The molecule has 0 spiro atoms. The van der Waals surface area contributed by atoms with Gasteiger partial charge in [0, 0.05) is 38.9 Å². The lowest BCUT2D eigenvalue weighted by molar-refractivity contribution is 0.198. The second kappa shape index (κ2) is 12.6. The highest BCUT2D eigenvalue weighted by molar-refractivity contribution is 14.0. The monoisotopic (exact) mass is 495 g/mol. The van der Waals surface area contributed by atoms with Gasteiger partial charge in [0.2, 0.25) is 0 Å². The van der Waals surface area contributed by atoms with Crippen LogP contribution in [0.2, 0.25) is 0 Å². The fourth-order valence-corrected chi connectivity index (χ4v) is 3.24. The predicted octanol–water partition coefficient (Wildman–Crippen LogP) is 2.91. The molecule has 152 valence electrons. The van der Waals surface area contributed by atoms with Crippen LogP contribution >= 0.6 is 24.0 Å². The number of ether oxygens (including phenoxy) is 1. The van der Waals surface area contributed by atoms with Crippen molar-refractivity contribution in [3.8, 4) is 5.75 Å². The summed E-state index contributed by atoms with van der Waals surface area (Å²) in [5.74, 6) is 1.62. The third kappa shape index (κ3) is 7.63. The third-order valence-electron chi connectivity index (χ3n) is 4.70. The highest BCUT2D eigenvalue weighted by atomic mass is 127. The van der Waals surface area contributed by atoms with Crippen LogP contribution in [-0.4, -0.2) is 55.2 Å². The van der Waals surface area contributed by atoms with Crippen molar-refractivity contribution < 1.29 is 4.74 Å². The summed E-state index contributed by atoms with van der Waals surface area (Å²) < 4.78 is 5.65. The van der Waals surface area contributed by atoms with Gasteiger partial charge in [-0.05, 0) is 30.5 Å². The molecule has 1 aliphatic rings. The molecule has 28 heavy (non-hydrogen) atoms. The molecule has 3 rings (SSSR count). The zero-order valence-corrected chi connectivity index (χ0v) is 18.7. The van der Waals surface area contributed by atoms with Crippen LogP contribution in [-0.2, 0) is 6.54 Å². The Bertz CT molecular complexity index is 690. The number of piperidine rings is 1. The van der Waals surface area contributed by atoms with Gasteiger partial charge in [-0.15, -0.1) is 24.0 Å². The second-order valence-electron chi connectivity index (χ2n) is 6.72. The summed E-state index contributed by atoms with van der Waals surface area (Å²) in [5, 5.41) is 6.85. The number of nitrogens with one attached hydrogen (secondary N) is 2. The fraction of sp³-hybridized carbons (Fsp3) is 0.429. The number of hydrogen-bond acceptors (Lipinski definition) is 4. The van der Waals surface area contributed by atoms with E-state index in [1.807, 2.05) is 19.2 Å². The lowest BCUT2D eigenvalue weighted by Crippen LogP contribution is -2.49. The number of nitrogens with zero attached hydrogens (tertiary/aromatic N) is 3. The Kier molecular flexibility index (Phi) is 10.1. The van der Waals surface area contributed by atoms with Crippen LogP contribution < -0.4 is 15.4 Å². The first-order valence-corrected chi connectivity index (χ1v) is 9.60. The number of hydrogen-bond donors (Lipinski definition) is 2. The molecular formula is C21H30IN5O. The molecule has 0 bridgehead atoms. The van der Waals surface area contributed by atoms with E-state index in [1.54, 1.807) is 12.4 Å². The highest BCUT2D eigenvalue weighted by Gasteiger charge is 2.19. The Balaban J connectivity index is 0.00000280. The average Bonchev–Trinajstić information content (AvgIpc) is 2.73. The van der Waals surface area contributed by atoms with E-state index in [9.17, 15) is 0 Å². The number of pyridine rings is 1. The maximum atomic E-state index is 5.65. The van der Waals surface area contributed by atoms with E-state index in [0.717, 1.165) is 44.2 Å². The number of aliphatic imine (C=N–C) groups is 1. The second-order valence-corrected chi connectivity index (χ2v) is 6.72. The maximum Gasteiger partial charge on any atom is 0.191 e. The van der Waals surface area contributed by atoms with Gasteiger partial charge in [0.1, 0.15) is 12.4 Å². The summed E-state index contributed by atoms with van der Waals surface area (Å²) in [6.45, 7) is 4.51. The Morgan fingerprint density at radius 3 is 2.64 bits per heavy atom. The number of rotatable bonds is 7. The van der Waals surface area contributed by atoms with Crippen LogP contribution in [0, 0.1) is 0 Å². The molecule has 0 unspecified atom stereocenters. The van der Waals surface area contributed by atoms with Gasteiger partial charge < -0.3 is 15.4 Å². The SMILES string of the molecule is CN=C(NCCOc1cccnc1)NC1CCN(Cc2ccccc2)CC1.I. The van der Waals surface area contributed by atoms with E-state index in [1.165, 1.54) is 5.56 Å². The van der Waals surface area contributed by atoms with E-state index < -0.39 is 0 Å². The first-order chi connectivity index (χ1) is 13.3. The first-order valence-electron chi connectivity index (χ1n) is 9.60. The quantitative estimate of drug-likeness (QED) is 0.268. The van der Waals surface area contributed by atoms with Gasteiger partial charge in [0.15, 0.2) is 5.96 Å². The molecule has 1 saturated heterocycles. The summed E-state index contributed by atoms with van der Waals surface area (Å²) in [4.78, 5) is 10.9. The largest absolute Gasteiger partial charge is 0.490 e. The third-order valence-corrected chi connectivity index (χ3v) is 4.70. The molecule has 0 aliphatic carbocycles. The van der Waals surface area contributed by atoms with E-state index >= 15 is 0 Å². The van der Waals surface area contributed by atoms with Gasteiger partial charge in [0.05, 0.1) is 12.7 Å². The van der Waals surface area contributed by atoms with Crippen LogP contribution in [0.15, 0.2) is 59.9 Å². The number of halogens is 1. The lowest BCUT2D eigenvalue weighted by atomic mass is 10.0. The van der Waals surface area contributed by atoms with E-state index in [0.29, 0.717) is 19.2 Å². The fourth-order valence-electron chi connectivity index (χ4n) is 3.24. The van der Waals surface area contributed by atoms with Crippen molar-refractivity contribution in [3.05, 3.63) is 60.4 Å². The minimum Gasteiger partial charge on any atom is -0.490 e. The Morgan fingerprint density at radius 1 is 1.18 bits per heavy atom. The topological polar surface area (TPSA) is 61.8 Å². The minimum atomic E-state index is 0. The van der Waals surface area contributed by atoms with Crippen molar-refractivity contribution in [1.82, 2.24) is 20.5 Å². The molecule has 0 radical (unpaired) electrons. The molecule has 1 aromatic carbocycles. The van der Waals surface area contributed by atoms with Crippen LogP contribution in [0.1, 0.15) is 18.4 Å². The van der Waals surface area contributed by atoms with Crippen LogP contribution in [0.3, 0.4) is 0 Å². The highest BCUT2D eigenvalue weighted by Crippen LogP contribution is 2.13. The maximum absolute atomic E-state index is 5.65. The summed E-state index contributed by atoms with van der Waals surface area (Å²) in [7, 11) is 1.81. The van der Waals surface area contributed by atoms with Gasteiger partial charge in [-0.25, -0.2) is 0 Å². The normalized spacial score (nSPS) is 15.5. The van der Waals surface area contributed by atoms with Crippen LogP contribution in [0.25, 0.3) is 0 Å². The van der Waals surface area contributed by atoms with Gasteiger partial charge in [0.25, 0.3) is 0 Å². The van der Waals surface area contributed by atoms with Crippen molar-refractivity contribution in [2.75, 3.05) is 33.3 Å². The van der Waals surface area contributed by atoms with Gasteiger partial charge in [-0.1, -0.05) is 30.3 Å². The summed E-state index contributed by atoms with van der Waals surface area (Å²) in [5.41, 5.74) is 1.38. The number of aromatic nitrogens is 1. The predicted molar refractivity (Wildman–Crippen MR) is 124 cm³/mol. The Morgan fingerprint density at radius 2 is 1.96 bits per heavy atom. The number of likely N-dealkylation sites (tertiary alicyclic amines) is 1. The number of benzene rings is 1. The molecule has 0 atom stereocenters. The molecule has 1 aliphatic heterocycles. The van der Waals surface area contributed by atoms with Crippen molar-refractivity contribution in [3.63, 3.8) is 0 Å². The van der Waals surface area contributed by atoms with Gasteiger partial charge in [-0.2, -0.15) is 0 Å². The van der Waals surface area contributed by atoms with E-state index in [-0.39, 0.29) is 24.0 Å². The van der Waals surface area contributed by atoms with Crippen molar-refractivity contribution in [2.45, 2.75) is 25.4 Å². The molecule has 1 fully saturated rings. The zero-order valence-electron chi connectivity index (χ0n) is 16.4. The first kappa shape index (κ1) is 22.4. The molecule has 6 nitrogen and oxygen atoms in total. The molecule has 1 aromatic heterocycles. The van der Waals surface area contributed by atoms with Crippen LogP contribution in [0.4, 0.5) is 0 Å². The molecule has 0 amide bonds. The standard InChI is InChI=1S/C21H29N5O.HI/c1-22-21(24-12-15-27-20-8-5-11-23-16-20)25-19-9-13-26(14-10-19)17-18-6-3-2-4-7-18;/h2-8,11,16,19H,9-10,12-15,17H2,1H3,(H2,22,24,25);1H. The van der Waals surface area contributed by atoms with Crippen LogP contribution in [0.5, 0.6) is 5.75 Å². The van der Waals surface area contributed by atoms with Gasteiger partial charge in [-0.3, -0.25) is 14.9 Å². The summed E-state index contributed by atoms with van der Waals surface area (Å²) >= 11 is 0. The molecule has 0 saturated carbocycles. The zero-order chi connectivity index (χ0) is 18.7. The molecule has 2 aromatic rings. The molecule has 2 N–H and O–H groups in total. The van der Waals surface area contributed by atoms with Crippen molar-refractivity contribution in [2.24, 2.45) is 4.99 Å². The molecular weight excluding hydrogens is 465 g/mol. The van der Waals surface area contributed by atoms with E-state index in [2.05, 4.69) is 55.8 Å². The Labute approximate surface area is 184 Å². The van der Waals surface area contributed by atoms with Crippen molar-refractivity contribution in [1.29, 1.82) is 0 Å². The average molecular weight is 495 g/mol. The number of guanidine groups is 1. The smallest absolute Gasteiger partial charge is 0.191 e. The molecule has 2 heterocycles. The lowest BCUT2D eigenvalue weighted by Gasteiger charge is -2.33. The summed E-state index contributed by atoms with van der Waals surface area (Å²) in [6, 6.07) is 14.9. The van der Waals surface area contributed by atoms with Gasteiger partial charge >= 0.3 is 0 Å². The summed E-state index contributed by atoms with van der Waals surface area (Å²) in [6.07, 6.45) is 5.71. The minimum absolute atomic E-state index is 0. The van der Waals surface area contributed by atoms with Crippen molar-refractivity contribution >= 4 is 29.9 Å². The Hall–Kier alpha value is -1.87.